The fourth-order valence-corrected chi connectivity index (χ4v) is 9.57. The van der Waals surface area contributed by atoms with Crippen LogP contribution in [0.5, 0.6) is 23.0 Å². The number of anilines is 1. The molecule has 8 nitrogen and oxygen atoms in total. The third kappa shape index (κ3) is 3.76. The molecule has 250 valence electrons. The molecule has 3 aliphatic heterocycles. The van der Waals surface area contributed by atoms with Crippen LogP contribution in [0.1, 0.15) is 27.8 Å². The molecular weight excluding hydrogens is 710 g/mol. The molecule has 9 heteroatoms. The van der Waals surface area contributed by atoms with E-state index in [-0.39, 0.29) is 19.4 Å². The number of Topliss-reactive ketones (excluding diaryl/α,β-unsaturated/α-hetero) is 1. The molecule has 3 heterocycles. The number of carbonyl (C=O) groups excluding carboxylic acids is 3. The molecule has 4 atom stereocenters. The minimum Gasteiger partial charge on any atom is -0.454 e. The van der Waals surface area contributed by atoms with Crippen molar-refractivity contribution in [2.75, 3.05) is 18.5 Å². The first-order chi connectivity index (χ1) is 24.9. The summed E-state index contributed by atoms with van der Waals surface area (Å²) in [5, 5.41) is 0. The second kappa shape index (κ2) is 10.7. The number of amides is 2. The van der Waals surface area contributed by atoms with Crippen molar-refractivity contribution in [1.29, 1.82) is 0 Å². The number of hydrogen-bond acceptors (Lipinski definition) is 7. The van der Waals surface area contributed by atoms with E-state index in [9.17, 15) is 0 Å². The molecule has 5 aliphatic rings. The molecule has 2 amide bonds. The number of carbonyl (C=O) groups is 3. The number of halogens is 1. The van der Waals surface area contributed by atoms with E-state index < -0.39 is 34.5 Å². The van der Waals surface area contributed by atoms with Gasteiger partial charge < -0.3 is 18.9 Å². The summed E-state index contributed by atoms with van der Waals surface area (Å²) in [6.45, 7) is 2.09. The zero-order valence-electron chi connectivity index (χ0n) is 27.2. The number of nitrogens with zero attached hydrogens (tertiary/aromatic N) is 1. The fraction of sp³-hybridized carbons (Fsp3) is 0.167. The average Bonchev–Trinajstić information content (AvgIpc) is 3.96. The third-order valence-corrected chi connectivity index (χ3v) is 12.0. The van der Waals surface area contributed by atoms with E-state index in [1.807, 2.05) is 110 Å². The molecule has 0 aromatic heterocycles. The Balaban J connectivity index is 1.36. The summed E-state index contributed by atoms with van der Waals surface area (Å²) in [4.78, 5) is 48.1. The van der Waals surface area contributed by atoms with E-state index in [0.717, 1.165) is 10.0 Å². The molecule has 1 saturated heterocycles. The first kappa shape index (κ1) is 30.2. The van der Waals surface area contributed by atoms with Gasteiger partial charge >= 0.3 is 0 Å². The molecular formula is C42H28BrNO7. The van der Waals surface area contributed by atoms with Crippen LogP contribution in [0, 0.1) is 18.8 Å². The van der Waals surface area contributed by atoms with E-state index in [0.29, 0.717) is 62.1 Å². The van der Waals surface area contributed by atoms with Gasteiger partial charge in [-0.05, 0) is 82.3 Å². The Labute approximate surface area is 301 Å². The molecule has 0 spiro atoms. The Morgan fingerprint density at radius 3 is 1.53 bits per heavy atom. The van der Waals surface area contributed by atoms with Gasteiger partial charge in [-0.2, -0.15) is 0 Å². The first-order valence-corrected chi connectivity index (χ1v) is 17.5. The Kier molecular flexibility index (Phi) is 6.31. The summed E-state index contributed by atoms with van der Waals surface area (Å²) in [7, 11) is 0. The topological polar surface area (TPSA) is 91.4 Å². The number of benzene rings is 5. The van der Waals surface area contributed by atoms with Gasteiger partial charge in [-0.15, -0.1) is 0 Å². The van der Waals surface area contributed by atoms with Crippen LogP contribution < -0.4 is 23.8 Å². The monoisotopic (exact) mass is 737 g/mol. The predicted molar refractivity (Wildman–Crippen MR) is 192 cm³/mol. The van der Waals surface area contributed by atoms with Gasteiger partial charge in [0.15, 0.2) is 28.8 Å². The van der Waals surface area contributed by atoms with Crippen molar-refractivity contribution in [2.45, 2.75) is 17.8 Å². The van der Waals surface area contributed by atoms with Crippen LogP contribution in [0.15, 0.2) is 120 Å². The van der Waals surface area contributed by atoms with Crippen LogP contribution in [0.2, 0.25) is 0 Å². The molecule has 0 unspecified atom stereocenters. The maximum atomic E-state index is 16.2. The summed E-state index contributed by atoms with van der Waals surface area (Å²) in [6.07, 6.45) is 0. The fourth-order valence-electron chi connectivity index (χ4n) is 9.20. The zero-order chi connectivity index (χ0) is 34.6. The zero-order valence-corrected chi connectivity index (χ0v) is 28.8. The Bertz CT molecular complexity index is 2250. The molecule has 1 saturated carbocycles. The number of ether oxygens (including phenoxy) is 4. The minimum atomic E-state index is -1.56. The quantitative estimate of drug-likeness (QED) is 0.174. The van der Waals surface area contributed by atoms with Crippen molar-refractivity contribution >= 4 is 50.4 Å². The number of rotatable bonds is 5. The smallest absolute Gasteiger partial charge is 0.239 e. The third-order valence-electron chi connectivity index (χ3n) is 11.2. The molecule has 2 aliphatic carbocycles. The highest BCUT2D eigenvalue weighted by Crippen LogP contribution is 2.74. The van der Waals surface area contributed by atoms with Crippen molar-refractivity contribution in [2.24, 2.45) is 11.8 Å². The highest BCUT2D eigenvalue weighted by atomic mass is 79.9. The van der Waals surface area contributed by atoms with E-state index in [2.05, 4.69) is 15.9 Å². The minimum absolute atomic E-state index is 0.0717. The van der Waals surface area contributed by atoms with Crippen LogP contribution in [0.3, 0.4) is 0 Å². The molecule has 5 aromatic rings. The summed E-state index contributed by atoms with van der Waals surface area (Å²) in [5.74, 6) is -0.914. The van der Waals surface area contributed by atoms with Crippen LogP contribution in [0.4, 0.5) is 5.69 Å². The number of fused-ring (bicyclic) bond motifs is 7. The number of hydrogen-bond donors (Lipinski definition) is 0. The SMILES string of the molecule is Cc1ccc(N2C(=O)[C@@H]3[C@H](C2=O)[C@@]2(c4ccccc4)C(=O)[C@@]3(c3ccccc3)C(c3ccc4c(c3)OCO4)=C2c2ccc3c(c2)OCO3)cc1Br. The molecule has 0 radical (unpaired) electrons. The Morgan fingerprint density at radius 1 is 0.588 bits per heavy atom. The summed E-state index contributed by atoms with van der Waals surface area (Å²) in [6, 6.07) is 35.6. The molecule has 2 fully saturated rings. The van der Waals surface area contributed by atoms with Crippen LogP contribution in [0.25, 0.3) is 11.1 Å². The molecule has 5 aromatic carbocycles. The van der Waals surface area contributed by atoms with Crippen LogP contribution >= 0.6 is 15.9 Å². The van der Waals surface area contributed by atoms with Crippen molar-refractivity contribution in [1.82, 2.24) is 0 Å². The summed E-state index contributed by atoms with van der Waals surface area (Å²) < 4.78 is 23.9. The van der Waals surface area contributed by atoms with E-state index in [4.69, 9.17) is 18.9 Å². The van der Waals surface area contributed by atoms with Crippen LogP contribution in [-0.4, -0.2) is 31.2 Å². The molecule has 51 heavy (non-hydrogen) atoms. The van der Waals surface area contributed by atoms with E-state index in [1.54, 1.807) is 12.1 Å². The van der Waals surface area contributed by atoms with E-state index in [1.165, 1.54) is 4.90 Å². The molecule has 0 N–H and O–H groups in total. The summed E-state index contributed by atoms with van der Waals surface area (Å²) >= 11 is 3.61. The largest absolute Gasteiger partial charge is 0.454 e. The number of ketones is 1. The maximum Gasteiger partial charge on any atom is 0.239 e. The molecule has 2 bridgehead atoms. The van der Waals surface area contributed by atoms with Gasteiger partial charge in [0.1, 0.15) is 0 Å². The van der Waals surface area contributed by atoms with Gasteiger partial charge in [0.25, 0.3) is 0 Å². The van der Waals surface area contributed by atoms with E-state index >= 15 is 14.4 Å². The lowest BCUT2D eigenvalue weighted by Crippen LogP contribution is -2.45. The molecule has 10 rings (SSSR count). The second-order valence-electron chi connectivity index (χ2n) is 13.5. The number of allylic oxidation sites excluding steroid dienone is 2. The summed E-state index contributed by atoms with van der Waals surface area (Å²) in [5.41, 5.74) is 2.24. The maximum absolute atomic E-state index is 16.2. The number of imide groups is 1. The van der Waals surface area contributed by atoms with Gasteiger partial charge in [-0.3, -0.25) is 14.4 Å². The standard InChI is InChI=1S/C42H28BrNO7/c1-23-12-15-28(20-29(23)43)44-38(45)36-37(39(44)46)42(27-10-6-3-7-11-27)35(25-14-17-31-33(19-25)51-22-49-31)34(24-13-16-30-32(18-24)50-21-48-30)41(36,40(42)47)26-8-4-2-5-9-26/h2-20,36-37H,21-22H2,1H3/t36-,37+,41-,42-/m0/s1. The van der Waals surface area contributed by atoms with Crippen molar-refractivity contribution in [3.63, 3.8) is 0 Å². The highest BCUT2D eigenvalue weighted by molar-refractivity contribution is 9.10. The second-order valence-corrected chi connectivity index (χ2v) is 14.3. The van der Waals surface area contributed by atoms with Crippen molar-refractivity contribution in [3.8, 4) is 23.0 Å². The lowest BCUT2D eigenvalue weighted by Gasteiger charge is -2.39. The van der Waals surface area contributed by atoms with Gasteiger partial charge in [-0.25, -0.2) is 4.90 Å². The Hall–Kier alpha value is -5.67. The van der Waals surface area contributed by atoms with Gasteiger partial charge in [0.2, 0.25) is 25.4 Å². The normalized spacial score (nSPS) is 25.3. The lowest BCUT2D eigenvalue weighted by molar-refractivity contribution is -0.130. The van der Waals surface area contributed by atoms with Crippen LogP contribution in [-0.2, 0) is 25.2 Å². The first-order valence-electron chi connectivity index (χ1n) is 16.7. The number of aryl methyl sites for hydroxylation is 1. The Morgan fingerprint density at radius 2 is 1.06 bits per heavy atom. The van der Waals surface area contributed by atoms with Crippen molar-refractivity contribution < 1.29 is 33.3 Å². The van der Waals surface area contributed by atoms with Gasteiger partial charge in [0, 0.05) is 4.47 Å². The predicted octanol–water partition coefficient (Wildman–Crippen LogP) is 7.40. The van der Waals surface area contributed by atoms with Gasteiger partial charge in [0.05, 0.1) is 28.4 Å². The van der Waals surface area contributed by atoms with Gasteiger partial charge in [-0.1, -0.05) is 94.8 Å². The van der Waals surface area contributed by atoms with Crippen molar-refractivity contribution in [3.05, 3.63) is 148 Å². The highest BCUT2D eigenvalue weighted by Gasteiger charge is 2.82. The average molecular weight is 739 g/mol. The lowest BCUT2D eigenvalue weighted by atomic mass is 9.59.